The number of hydrogen-bond donors (Lipinski definition) is 0. The largest absolute Gasteiger partial charge is 0.146 e. The highest BCUT2D eigenvalue weighted by Gasteiger charge is 2.41. The lowest BCUT2D eigenvalue weighted by Gasteiger charge is -2.43. The van der Waals surface area contributed by atoms with Crippen LogP contribution in [-0.4, -0.2) is 21.5 Å². The Labute approximate surface area is 159 Å². The van der Waals surface area contributed by atoms with Gasteiger partial charge in [-0.1, -0.05) is 138 Å². The van der Waals surface area contributed by atoms with Crippen LogP contribution in [0.25, 0.3) is 0 Å². The molecule has 4 heterocycles. The van der Waals surface area contributed by atoms with Crippen molar-refractivity contribution in [3.63, 3.8) is 0 Å². The van der Waals surface area contributed by atoms with Crippen LogP contribution in [0.1, 0.15) is 77.0 Å². The lowest BCUT2D eigenvalue weighted by molar-refractivity contribution is 0.441. The Morgan fingerprint density at radius 3 is 1.12 bits per heavy atom. The van der Waals surface area contributed by atoms with Gasteiger partial charge in [0.1, 0.15) is 13.4 Å². The Balaban J connectivity index is 1.27. The molecule has 0 N–H and O–H groups in total. The Morgan fingerprint density at radius 1 is 0.560 bits per heavy atom. The molecule has 0 unspecified atom stereocenters. The maximum Gasteiger partial charge on any atom is 0.146 e. The van der Waals surface area contributed by atoms with Gasteiger partial charge in [0, 0.05) is 8.07 Å². The fourth-order valence-electron chi connectivity index (χ4n) is 7.81. The van der Waals surface area contributed by atoms with Gasteiger partial charge in [0.15, 0.2) is 0 Å². The third kappa shape index (κ3) is 4.44. The zero-order chi connectivity index (χ0) is 17.3. The first-order valence-electron chi connectivity index (χ1n) is 12.1. The van der Waals surface area contributed by atoms with Crippen LogP contribution in [0.3, 0.4) is 0 Å². The molecular formula is C22H42B2Si. The molecule has 3 heteroatoms. The average Bonchev–Trinajstić information content (AvgIpc) is 2.57. The highest BCUT2D eigenvalue weighted by molar-refractivity contribution is 6.80. The van der Waals surface area contributed by atoms with E-state index in [-0.39, 0.29) is 0 Å². The minimum Gasteiger partial charge on any atom is -0.0761 e. The van der Waals surface area contributed by atoms with Crippen LogP contribution in [0.5, 0.6) is 0 Å². The van der Waals surface area contributed by atoms with Gasteiger partial charge in [0.25, 0.3) is 0 Å². The summed E-state index contributed by atoms with van der Waals surface area (Å²) in [5.74, 6) is 4.54. The maximum atomic E-state index is 2.74. The summed E-state index contributed by atoms with van der Waals surface area (Å²) in [6.07, 6.45) is 22.1. The molecule has 140 valence electrons. The van der Waals surface area contributed by atoms with Gasteiger partial charge in [0.05, 0.1) is 0 Å². The van der Waals surface area contributed by atoms with Crippen molar-refractivity contribution in [2.75, 3.05) is 0 Å². The third-order valence-corrected chi connectivity index (χ3v) is 12.6. The van der Waals surface area contributed by atoms with Crippen LogP contribution in [0.2, 0.25) is 61.1 Å². The smallest absolute Gasteiger partial charge is 0.0761 e. The van der Waals surface area contributed by atoms with E-state index in [2.05, 4.69) is 13.1 Å². The van der Waals surface area contributed by atoms with Gasteiger partial charge in [-0.3, -0.25) is 0 Å². The predicted octanol–water partition coefficient (Wildman–Crippen LogP) is 7.90. The van der Waals surface area contributed by atoms with E-state index in [1.54, 1.807) is 102 Å². The van der Waals surface area contributed by atoms with Crippen molar-refractivity contribution < 1.29 is 0 Å². The normalized spacial score (nSPS) is 35.8. The average molecular weight is 356 g/mol. The fourth-order valence-corrected chi connectivity index (χ4v) is 10.3. The predicted molar refractivity (Wildman–Crippen MR) is 119 cm³/mol. The quantitative estimate of drug-likeness (QED) is 0.424. The minimum absolute atomic E-state index is 0.967. The summed E-state index contributed by atoms with van der Waals surface area (Å²) < 4.78 is 0. The van der Waals surface area contributed by atoms with E-state index in [0.29, 0.717) is 0 Å². The number of rotatable bonds is 6. The van der Waals surface area contributed by atoms with Crippen LogP contribution in [0, 0.1) is 0 Å². The van der Waals surface area contributed by atoms with Gasteiger partial charge in [-0.2, -0.15) is 0 Å². The molecule has 0 aromatic heterocycles. The van der Waals surface area contributed by atoms with Crippen LogP contribution < -0.4 is 0 Å². The van der Waals surface area contributed by atoms with Crippen LogP contribution in [0.4, 0.5) is 0 Å². The van der Waals surface area contributed by atoms with Crippen molar-refractivity contribution in [3.05, 3.63) is 0 Å². The first-order chi connectivity index (χ1) is 12.1. The third-order valence-electron chi connectivity index (χ3n) is 9.33. The van der Waals surface area contributed by atoms with E-state index in [9.17, 15) is 0 Å². The van der Waals surface area contributed by atoms with Gasteiger partial charge in [-0.15, -0.1) is 0 Å². The molecular weight excluding hydrogens is 314 g/mol. The molecule has 0 aliphatic carbocycles. The fraction of sp³-hybridized carbons (Fsp3) is 1.00. The Bertz CT molecular complexity index is 356. The van der Waals surface area contributed by atoms with E-state index in [4.69, 9.17) is 0 Å². The molecule has 0 radical (unpaired) electrons. The Hall–Kier alpha value is 0.347. The summed E-state index contributed by atoms with van der Waals surface area (Å²) in [6, 6.07) is 3.29. The molecule has 0 amide bonds. The summed E-state index contributed by atoms with van der Waals surface area (Å²) in [5.41, 5.74) is 0. The van der Waals surface area contributed by atoms with Crippen LogP contribution in [-0.2, 0) is 0 Å². The lowest BCUT2D eigenvalue weighted by atomic mass is 9.26. The van der Waals surface area contributed by atoms with Gasteiger partial charge in [-0.25, -0.2) is 0 Å². The molecule has 4 aliphatic heterocycles. The molecule has 4 bridgehead atoms. The second-order valence-electron chi connectivity index (χ2n) is 11.3. The van der Waals surface area contributed by atoms with Crippen molar-refractivity contribution in [2.45, 2.75) is 138 Å². The molecule has 4 aliphatic rings. The van der Waals surface area contributed by atoms with Crippen LogP contribution in [0.15, 0.2) is 0 Å². The van der Waals surface area contributed by atoms with Crippen molar-refractivity contribution in [1.29, 1.82) is 0 Å². The lowest BCUT2D eigenvalue weighted by Crippen LogP contribution is -2.39. The first-order valence-corrected chi connectivity index (χ1v) is 15.5. The van der Waals surface area contributed by atoms with Gasteiger partial charge >= 0.3 is 0 Å². The minimum atomic E-state index is -0.967. The van der Waals surface area contributed by atoms with E-state index >= 15 is 0 Å². The molecule has 4 rings (SSSR count). The number of hydrogen-bond acceptors (Lipinski definition) is 0. The van der Waals surface area contributed by atoms with Crippen molar-refractivity contribution in [2.24, 2.45) is 0 Å². The highest BCUT2D eigenvalue weighted by atomic mass is 28.3. The molecule has 0 aromatic carbocycles. The van der Waals surface area contributed by atoms with E-state index < -0.39 is 8.07 Å². The number of fused-ring (bicyclic) bond motifs is 4. The topological polar surface area (TPSA) is 0 Å². The summed E-state index contributed by atoms with van der Waals surface area (Å²) >= 11 is 0. The maximum absolute atomic E-state index is 2.74. The van der Waals surface area contributed by atoms with Crippen LogP contribution >= 0.6 is 0 Å². The summed E-state index contributed by atoms with van der Waals surface area (Å²) in [5, 5.41) is 0. The van der Waals surface area contributed by atoms with E-state index in [1.165, 1.54) is 0 Å². The molecule has 0 atom stereocenters. The molecule has 0 aromatic rings. The van der Waals surface area contributed by atoms with Crippen molar-refractivity contribution >= 4 is 21.5 Å². The highest BCUT2D eigenvalue weighted by Crippen LogP contribution is 2.50. The van der Waals surface area contributed by atoms with Crippen molar-refractivity contribution in [3.8, 4) is 0 Å². The molecule has 4 saturated heterocycles. The van der Waals surface area contributed by atoms with Crippen molar-refractivity contribution in [1.82, 2.24) is 0 Å². The Kier molecular flexibility index (Phi) is 6.10. The molecule has 25 heavy (non-hydrogen) atoms. The Morgan fingerprint density at radius 2 is 0.840 bits per heavy atom. The standard InChI is InChI=1S/C22H42B2Si/c1-25(2,17-15-23-19-7-3-8-20(23)10-4-9-19)18-16-24-21-11-5-12-22(24)14-6-13-21/h19-22H,3-18H2,1-2H3. The van der Waals surface area contributed by atoms with Gasteiger partial charge in [-0.05, 0) is 0 Å². The zero-order valence-corrected chi connectivity index (χ0v) is 18.3. The molecule has 0 spiro atoms. The zero-order valence-electron chi connectivity index (χ0n) is 17.3. The first kappa shape index (κ1) is 18.7. The second-order valence-corrected chi connectivity index (χ2v) is 16.7. The monoisotopic (exact) mass is 356 g/mol. The summed E-state index contributed by atoms with van der Waals surface area (Å²) in [6.45, 7) is 7.76. The summed E-state index contributed by atoms with van der Waals surface area (Å²) in [7, 11) is -0.967. The summed E-state index contributed by atoms with van der Waals surface area (Å²) in [4.78, 5) is 0. The SMILES string of the molecule is C[Si](C)(CCB1C2CCCC1CCC2)CCB1C2CCCC1CCC2. The molecule has 4 fully saturated rings. The van der Waals surface area contributed by atoms with Gasteiger partial charge < -0.3 is 0 Å². The molecule has 0 saturated carbocycles. The second kappa shape index (κ2) is 8.15. The molecule has 0 nitrogen and oxygen atoms in total. The van der Waals surface area contributed by atoms with Gasteiger partial charge in [0.2, 0.25) is 0 Å². The van der Waals surface area contributed by atoms with E-state index in [1.807, 2.05) is 0 Å². The van der Waals surface area contributed by atoms with E-state index in [0.717, 1.165) is 36.7 Å².